The normalized spacial score (nSPS) is 10.2. The number of rotatable bonds is 7. The minimum absolute atomic E-state index is 0.0764. The molecule has 6 nitrogen and oxygen atoms in total. The fourth-order valence-electron chi connectivity index (χ4n) is 1.94. The first-order chi connectivity index (χ1) is 11.5. The Hall–Kier alpha value is -2.67. The zero-order valence-electron chi connectivity index (χ0n) is 12.5. The lowest BCUT2D eigenvalue weighted by atomic mass is 10.2. The van der Waals surface area contributed by atoms with Crippen molar-refractivity contribution in [1.82, 2.24) is 0 Å². The Balaban J connectivity index is 1.79. The van der Waals surface area contributed by atoms with Gasteiger partial charge in [-0.15, -0.1) is 0 Å². The van der Waals surface area contributed by atoms with Crippen molar-refractivity contribution >= 4 is 28.9 Å². The van der Waals surface area contributed by atoms with E-state index in [0.717, 1.165) is 6.07 Å². The fraction of sp³-hybridized carbons (Fsp3) is 0.188. The third-order valence-electron chi connectivity index (χ3n) is 3.07. The maximum Gasteiger partial charge on any atom is 0.310 e. The second-order valence-corrected chi connectivity index (χ2v) is 5.26. The van der Waals surface area contributed by atoms with Crippen molar-refractivity contribution in [2.24, 2.45) is 0 Å². The van der Waals surface area contributed by atoms with Crippen LogP contribution >= 0.6 is 11.6 Å². The highest BCUT2D eigenvalue weighted by Crippen LogP contribution is 2.26. The molecule has 2 aromatic carbocycles. The predicted octanol–water partition coefficient (Wildman–Crippen LogP) is 4.19. The van der Waals surface area contributed by atoms with Crippen molar-refractivity contribution in [3.8, 4) is 5.75 Å². The van der Waals surface area contributed by atoms with Gasteiger partial charge in [0.15, 0.2) is 5.75 Å². The molecule has 0 aliphatic heterocycles. The summed E-state index contributed by atoms with van der Waals surface area (Å²) in [4.78, 5) is 22.1. The molecule has 0 aromatic heterocycles. The van der Waals surface area contributed by atoms with Crippen LogP contribution in [0.1, 0.15) is 12.8 Å². The molecule has 1 amide bonds. The van der Waals surface area contributed by atoms with Gasteiger partial charge in [0, 0.05) is 18.2 Å². The first kappa shape index (κ1) is 17.7. The smallest absolute Gasteiger partial charge is 0.310 e. The minimum Gasteiger partial charge on any atom is -0.487 e. The highest BCUT2D eigenvalue weighted by molar-refractivity contribution is 6.31. The lowest BCUT2D eigenvalue weighted by Crippen LogP contribution is -2.13. The molecule has 0 aliphatic carbocycles. The molecule has 0 atom stereocenters. The summed E-state index contributed by atoms with van der Waals surface area (Å²) < 4.78 is 18.4. The van der Waals surface area contributed by atoms with Crippen LogP contribution in [0.15, 0.2) is 42.5 Å². The SMILES string of the molecule is O=C(CCCOc1ccccc1[N+](=O)[O-])Nc1ccc(F)c(Cl)c1. The quantitative estimate of drug-likeness (QED) is 0.460. The number of ether oxygens (including phenoxy) is 1. The molecular formula is C16H14ClFN2O4. The zero-order chi connectivity index (χ0) is 17.5. The van der Waals surface area contributed by atoms with Gasteiger partial charge in [0.05, 0.1) is 16.6 Å². The van der Waals surface area contributed by atoms with Gasteiger partial charge in [-0.25, -0.2) is 4.39 Å². The van der Waals surface area contributed by atoms with Gasteiger partial charge in [-0.1, -0.05) is 23.7 Å². The molecule has 2 aromatic rings. The molecular weight excluding hydrogens is 339 g/mol. The van der Waals surface area contributed by atoms with Crippen LogP contribution in [0.4, 0.5) is 15.8 Å². The Bertz CT molecular complexity index is 755. The van der Waals surface area contributed by atoms with Gasteiger partial charge >= 0.3 is 5.69 Å². The number of nitrogens with one attached hydrogen (secondary N) is 1. The van der Waals surface area contributed by atoms with Gasteiger partial charge < -0.3 is 10.1 Å². The molecule has 0 heterocycles. The van der Waals surface area contributed by atoms with E-state index in [0.29, 0.717) is 12.1 Å². The molecule has 0 aliphatic rings. The maximum absolute atomic E-state index is 13.0. The molecule has 126 valence electrons. The summed E-state index contributed by atoms with van der Waals surface area (Å²) in [6, 6.07) is 9.91. The van der Waals surface area contributed by atoms with Crippen LogP contribution in [-0.2, 0) is 4.79 Å². The predicted molar refractivity (Wildman–Crippen MR) is 87.9 cm³/mol. The van der Waals surface area contributed by atoms with Crippen molar-refractivity contribution < 1.29 is 18.8 Å². The molecule has 8 heteroatoms. The maximum atomic E-state index is 13.0. The van der Waals surface area contributed by atoms with E-state index in [-0.39, 0.29) is 35.4 Å². The van der Waals surface area contributed by atoms with Gasteiger partial charge in [-0.3, -0.25) is 14.9 Å². The second-order valence-electron chi connectivity index (χ2n) is 4.85. The van der Waals surface area contributed by atoms with Crippen molar-refractivity contribution in [3.05, 3.63) is 63.4 Å². The molecule has 0 saturated heterocycles. The number of hydrogen-bond acceptors (Lipinski definition) is 4. The number of halogens is 2. The van der Waals surface area contributed by atoms with Gasteiger partial charge in [0.25, 0.3) is 0 Å². The third-order valence-corrected chi connectivity index (χ3v) is 3.36. The third kappa shape index (κ3) is 4.92. The highest BCUT2D eigenvalue weighted by Gasteiger charge is 2.13. The molecule has 0 bridgehead atoms. The fourth-order valence-corrected chi connectivity index (χ4v) is 2.12. The number of nitrogens with zero attached hydrogens (tertiary/aromatic N) is 1. The zero-order valence-corrected chi connectivity index (χ0v) is 13.3. The van der Waals surface area contributed by atoms with E-state index in [1.54, 1.807) is 12.1 Å². The van der Waals surface area contributed by atoms with Gasteiger partial charge in [-0.2, -0.15) is 0 Å². The van der Waals surface area contributed by atoms with Crippen LogP contribution in [0.3, 0.4) is 0 Å². The molecule has 1 N–H and O–H groups in total. The van der Waals surface area contributed by atoms with Crippen molar-refractivity contribution in [2.75, 3.05) is 11.9 Å². The Morgan fingerprint density at radius 3 is 2.75 bits per heavy atom. The van der Waals surface area contributed by atoms with E-state index < -0.39 is 10.7 Å². The van der Waals surface area contributed by atoms with Crippen LogP contribution in [0.25, 0.3) is 0 Å². The number of para-hydroxylation sites is 2. The number of carbonyl (C=O) groups excluding carboxylic acids is 1. The largest absolute Gasteiger partial charge is 0.487 e. The van der Waals surface area contributed by atoms with Gasteiger partial charge in [0.2, 0.25) is 5.91 Å². The van der Waals surface area contributed by atoms with E-state index in [4.69, 9.17) is 16.3 Å². The lowest BCUT2D eigenvalue weighted by Gasteiger charge is -2.08. The van der Waals surface area contributed by atoms with Crippen LogP contribution in [0.5, 0.6) is 5.75 Å². The average molecular weight is 353 g/mol. The number of amides is 1. The molecule has 0 spiro atoms. The first-order valence-corrected chi connectivity index (χ1v) is 7.46. The van der Waals surface area contributed by atoms with E-state index in [2.05, 4.69) is 5.32 Å². The van der Waals surface area contributed by atoms with Crippen LogP contribution < -0.4 is 10.1 Å². The Morgan fingerprint density at radius 1 is 1.29 bits per heavy atom. The van der Waals surface area contributed by atoms with Crippen LogP contribution in [0, 0.1) is 15.9 Å². The molecule has 0 saturated carbocycles. The van der Waals surface area contributed by atoms with Crippen molar-refractivity contribution in [2.45, 2.75) is 12.8 Å². The van der Waals surface area contributed by atoms with Gasteiger partial charge in [0.1, 0.15) is 5.82 Å². The topological polar surface area (TPSA) is 81.5 Å². The summed E-state index contributed by atoms with van der Waals surface area (Å²) in [5.74, 6) is -0.690. The van der Waals surface area contributed by atoms with E-state index in [9.17, 15) is 19.3 Å². The van der Waals surface area contributed by atoms with E-state index in [1.165, 1.54) is 24.3 Å². The van der Waals surface area contributed by atoms with Crippen LogP contribution in [-0.4, -0.2) is 17.4 Å². The highest BCUT2D eigenvalue weighted by atomic mass is 35.5. The monoisotopic (exact) mass is 352 g/mol. The Kier molecular flexibility index (Phi) is 6.08. The average Bonchev–Trinajstić information content (AvgIpc) is 2.55. The number of nitro groups is 1. The molecule has 0 radical (unpaired) electrons. The number of carbonyl (C=O) groups is 1. The Labute approximate surface area is 142 Å². The van der Waals surface area contributed by atoms with Crippen molar-refractivity contribution in [3.63, 3.8) is 0 Å². The molecule has 0 unspecified atom stereocenters. The van der Waals surface area contributed by atoms with Gasteiger partial charge in [-0.05, 0) is 30.7 Å². The Morgan fingerprint density at radius 2 is 2.04 bits per heavy atom. The number of nitro benzene ring substituents is 1. The summed E-state index contributed by atoms with van der Waals surface area (Å²) in [5, 5.41) is 13.3. The standard InChI is InChI=1S/C16H14ClFN2O4/c17-12-10-11(7-8-13(12)18)19-16(21)6-3-9-24-15-5-2-1-4-14(15)20(22)23/h1-2,4-5,7-8,10H,3,6,9H2,(H,19,21). The summed E-state index contributed by atoms with van der Waals surface area (Å²) in [7, 11) is 0. The summed E-state index contributed by atoms with van der Waals surface area (Å²) in [6.07, 6.45) is 0.516. The summed E-state index contributed by atoms with van der Waals surface area (Å²) in [5.41, 5.74) is 0.272. The number of hydrogen-bond donors (Lipinski definition) is 1. The number of anilines is 1. The molecule has 0 fully saturated rings. The first-order valence-electron chi connectivity index (χ1n) is 7.08. The summed E-state index contributed by atoms with van der Waals surface area (Å²) >= 11 is 5.63. The molecule has 24 heavy (non-hydrogen) atoms. The van der Waals surface area contributed by atoms with E-state index in [1.807, 2.05) is 0 Å². The second kappa shape index (κ2) is 8.26. The molecule has 2 rings (SSSR count). The van der Waals surface area contributed by atoms with Crippen molar-refractivity contribution in [1.29, 1.82) is 0 Å². The van der Waals surface area contributed by atoms with Crippen LogP contribution in [0.2, 0.25) is 5.02 Å². The lowest BCUT2D eigenvalue weighted by molar-refractivity contribution is -0.385. The minimum atomic E-state index is -0.562. The van der Waals surface area contributed by atoms with E-state index >= 15 is 0 Å². The summed E-state index contributed by atoms with van der Waals surface area (Å²) in [6.45, 7) is 0.155. The number of benzene rings is 2.